The number of piperazine rings is 1. The van der Waals surface area contributed by atoms with Crippen LogP contribution in [0.4, 0.5) is 32.0 Å². The number of hydrogen-bond donors (Lipinski definition) is 1. The van der Waals surface area contributed by atoms with Crippen LogP contribution in [0, 0.1) is 0 Å². The quantitative estimate of drug-likeness (QED) is 0.740. The monoisotopic (exact) mass is 433 g/mol. The molecule has 0 atom stereocenters. The fourth-order valence-electron chi connectivity index (χ4n) is 2.62. The van der Waals surface area contributed by atoms with Gasteiger partial charge >= 0.3 is 12.4 Å². The zero-order chi connectivity index (χ0) is 21.3. The van der Waals surface area contributed by atoms with E-state index in [1.54, 1.807) is 0 Å². The molecule has 13 heteroatoms. The fraction of sp³-hybridized carbons (Fsp3) is 0.533. The largest absolute Gasteiger partial charge is 0.416 e. The third kappa shape index (κ3) is 5.74. The number of nitrogens with one attached hydrogen (secondary N) is 1. The molecule has 0 unspecified atom stereocenters. The van der Waals surface area contributed by atoms with Gasteiger partial charge in [0.2, 0.25) is 15.9 Å². The third-order valence-corrected chi connectivity index (χ3v) is 5.39. The average molecular weight is 433 g/mol. The molecule has 0 radical (unpaired) electrons. The number of amides is 1. The minimum atomic E-state index is -4.98. The Balaban J connectivity index is 2.07. The number of nitrogens with zero attached hydrogens (tertiary/aromatic N) is 2. The van der Waals surface area contributed by atoms with Gasteiger partial charge < -0.3 is 10.2 Å². The Kier molecular flexibility index (Phi) is 6.19. The fourth-order valence-corrected chi connectivity index (χ4v) is 3.44. The molecule has 0 spiro atoms. The molecule has 1 aliphatic rings. The number of rotatable bonds is 4. The Hall–Kier alpha value is -2.02. The van der Waals surface area contributed by atoms with Crippen LogP contribution in [0.3, 0.4) is 0 Å². The van der Waals surface area contributed by atoms with Crippen LogP contribution in [-0.4, -0.2) is 62.5 Å². The van der Waals surface area contributed by atoms with E-state index in [1.165, 1.54) is 9.21 Å². The first-order chi connectivity index (χ1) is 12.7. The van der Waals surface area contributed by atoms with Crippen molar-refractivity contribution in [2.75, 3.05) is 44.3 Å². The van der Waals surface area contributed by atoms with Gasteiger partial charge in [-0.3, -0.25) is 4.79 Å². The SMILES string of the molecule is CS(=O)(=O)N1CCN(C(=O)CNc2cc(C(F)(F)F)cc(C(F)(F)F)c2)CC1. The summed E-state index contributed by atoms with van der Waals surface area (Å²) in [4.78, 5) is 13.4. The molecule has 0 bridgehead atoms. The topological polar surface area (TPSA) is 69.7 Å². The average Bonchev–Trinajstić information content (AvgIpc) is 2.57. The number of benzene rings is 1. The van der Waals surface area contributed by atoms with Crippen LogP contribution in [0.2, 0.25) is 0 Å². The van der Waals surface area contributed by atoms with E-state index in [2.05, 4.69) is 5.32 Å². The van der Waals surface area contributed by atoms with Gasteiger partial charge in [0.1, 0.15) is 0 Å². The summed E-state index contributed by atoms with van der Waals surface area (Å²) < 4.78 is 101. The van der Waals surface area contributed by atoms with Crippen LogP contribution in [0.1, 0.15) is 11.1 Å². The first kappa shape index (κ1) is 22.3. The van der Waals surface area contributed by atoms with E-state index >= 15 is 0 Å². The van der Waals surface area contributed by atoms with Gasteiger partial charge in [0.05, 0.1) is 23.9 Å². The predicted molar refractivity (Wildman–Crippen MR) is 87.9 cm³/mol. The van der Waals surface area contributed by atoms with Crippen molar-refractivity contribution in [1.82, 2.24) is 9.21 Å². The van der Waals surface area contributed by atoms with Crippen LogP contribution >= 0.6 is 0 Å². The van der Waals surface area contributed by atoms with Gasteiger partial charge in [-0.05, 0) is 18.2 Å². The Bertz CT molecular complexity index is 798. The molecule has 1 aliphatic heterocycles. The molecule has 28 heavy (non-hydrogen) atoms. The molecule has 1 aromatic rings. The molecule has 1 saturated heterocycles. The second kappa shape index (κ2) is 7.78. The molecule has 0 saturated carbocycles. The number of halogens is 6. The Morgan fingerprint density at radius 1 is 0.964 bits per heavy atom. The highest BCUT2D eigenvalue weighted by Gasteiger charge is 2.37. The van der Waals surface area contributed by atoms with E-state index in [0.29, 0.717) is 12.1 Å². The molecular formula is C15H17F6N3O3S. The number of alkyl halides is 6. The van der Waals surface area contributed by atoms with Gasteiger partial charge in [0, 0.05) is 31.9 Å². The summed E-state index contributed by atoms with van der Waals surface area (Å²) in [6, 6.07) is 0.978. The Labute approximate surface area is 157 Å². The summed E-state index contributed by atoms with van der Waals surface area (Å²) in [5.41, 5.74) is -3.47. The van der Waals surface area contributed by atoms with Gasteiger partial charge in [-0.25, -0.2) is 8.42 Å². The minimum absolute atomic E-state index is 0.00257. The van der Waals surface area contributed by atoms with Crippen LogP contribution in [0.5, 0.6) is 0 Å². The standard InChI is InChI=1S/C15H17F6N3O3S/c1-28(26,27)24-4-2-23(3-5-24)13(25)9-22-12-7-10(14(16,17)18)6-11(8-12)15(19,20)21/h6-8,22H,2-5,9H2,1H3. The molecule has 1 amide bonds. The number of sulfonamides is 1. The maximum atomic E-state index is 12.8. The second-order valence-corrected chi connectivity index (χ2v) is 8.17. The molecular weight excluding hydrogens is 416 g/mol. The number of carbonyl (C=O) groups is 1. The maximum Gasteiger partial charge on any atom is 0.416 e. The van der Waals surface area contributed by atoms with Crippen molar-refractivity contribution < 1.29 is 39.6 Å². The lowest BCUT2D eigenvalue weighted by atomic mass is 10.1. The van der Waals surface area contributed by atoms with Gasteiger partial charge in [0.25, 0.3) is 0 Å². The summed E-state index contributed by atoms with van der Waals surface area (Å²) in [7, 11) is -3.40. The van der Waals surface area contributed by atoms with Gasteiger partial charge in [-0.15, -0.1) is 0 Å². The predicted octanol–water partition coefficient (Wildman–Crippen LogP) is 2.24. The summed E-state index contributed by atoms with van der Waals surface area (Å²) in [6.07, 6.45) is -8.94. The van der Waals surface area contributed by atoms with Crippen molar-refractivity contribution in [2.24, 2.45) is 0 Å². The van der Waals surface area contributed by atoms with Crippen molar-refractivity contribution in [3.05, 3.63) is 29.3 Å². The maximum absolute atomic E-state index is 12.8. The normalized spacial score (nSPS) is 16.9. The first-order valence-corrected chi connectivity index (χ1v) is 9.79. The lowest BCUT2D eigenvalue weighted by Crippen LogP contribution is -2.51. The van der Waals surface area contributed by atoms with Crippen LogP contribution in [0.15, 0.2) is 18.2 Å². The summed E-state index contributed by atoms with van der Waals surface area (Å²) in [5.74, 6) is -0.570. The van der Waals surface area contributed by atoms with E-state index in [1.807, 2.05) is 0 Å². The minimum Gasteiger partial charge on any atom is -0.376 e. The van der Waals surface area contributed by atoms with Crippen molar-refractivity contribution in [2.45, 2.75) is 12.4 Å². The molecule has 2 rings (SSSR count). The molecule has 1 fully saturated rings. The molecule has 1 heterocycles. The zero-order valence-electron chi connectivity index (χ0n) is 14.6. The molecule has 6 nitrogen and oxygen atoms in total. The van der Waals surface area contributed by atoms with E-state index in [9.17, 15) is 39.6 Å². The Morgan fingerprint density at radius 2 is 1.43 bits per heavy atom. The molecule has 158 valence electrons. The second-order valence-electron chi connectivity index (χ2n) is 6.19. The summed E-state index contributed by atoms with van der Waals surface area (Å²) in [5, 5.41) is 2.29. The van der Waals surface area contributed by atoms with Gasteiger partial charge in [0.15, 0.2) is 0 Å². The highest BCUT2D eigenvalue weighted by molar-refractivity contribution is 7.88. The smallest absolute Gasteiger partial charge is 0.376 e. The summed E-state index contributed by atoms with van der Waals surface area (Å²) in [6.45, 7) is -0.260. The van der Waals surface area contributed by atoms with E-state index in [4.69, 9.17) is 0 Å². The van der Waals surface area contributed by atoms with E-state index in [0.717, 1.165) is 6.26 Å². The van der Waals surface area contributed by atoms with Crippen LogP contribution in [-0.2, 0) is 27.2 Å². The molecule has 0 aliphatic carbocycles. The third-order valence-electron chi connectivity index (χ3n) is 4.09. The summed E-state index contributed by atoms with van der Waals surface area (Å²) >= 11 is 0. The highest BCUT2D eigenvalue weighted by Crippen LogP contribution is 2.37. The molecule has 0 aromatic heterocycles. The van der Waals surface area contributed by atoms with Crippen LogP contribution < -0.4 is 5.32 Å². The number of hydrogen-bond acceptors (Lipinski definition) is 4. The first-order valence-electron chi connectivity index (χ1n) is 7.94. The molecule has 1 N–H and O–H groups in total. The van der Waals surface area contributed by atoms with Crippen LogP contribution in [0.25, 0.3) is 0 Å². The number of carbonyl (C=O) groups excluding carboxylic acids is 1. The van der Waals surface area contributed by atoms with Crippen molar-refractivity contribution >= 4 is 21.6 Å². The Morgan fingerprint density at radius 3 is 1.82 bits per heavy atom. The van der Waals surface area contributed by atoms with Crippen molar-refractivity contribution in [3.63, 3.8) is 0 Å². The van der Waals surface area contributed by atoms with Crippen molar-refractivity contribution in [1.29, 1.82) is 0 Å². The zero-order valence-corrected chi connectivity index (χ0v) is 15.4. The van der Waals surface area contributed by atoms with E-state index < -0.39 is 51.6 Å². The van der Waals surface area contributed by atoms with E-state index in [-0.39, 0.29) is 32.2 Å². The number of anilines is 1. The van der Waals surface area contributed by atoms with Gasteiger partial charge in [-0.2, -0.15) is 30.6 Å². The highest BCUT2D eigenvalue weighted by atomic mass is 32.2. The van der Waals surface area contributed by atoms with Crippen molar-refractivity contribution in [3.8, 4) is 0 Å². The lowest BCUT2D eigenvalue weighted by Gasteiger charge is -2.33. The van der Waals surface area contributed by atoms with Gasteiger partial charge in [-0.1, -0.05) is 0 Å². The molecule has 1 aromatic carbocycles. The lowest BCUT2D eigenvalue weighted by molar-refractivity contribution is -0.143.